The van der Waals surface area contributed by atoms with Gasteiger partial charge < -0.3 is 10.2 Å². The molecule has 1 N–H and O–H groups in total. The Hall–Kier alpha value is -3.03. The van der Waals surface area contributed by atoms with Gasteiger partial charge in [0.05, 0.1) is 23.8 Å². The standard InChI is InChI=1S/C18H21N7O/c26-16(20-10-14-6-2-3-7-19-14)12-25-18-15(11-23-25)17(21-13-22-18)24-8-4-1-5-9-24/h2-3,6-7,11,13H,1,4-5,8-10,12H2,(H,20,26). The van der Waals surface area contributed by atoms with Crippen LogP contribution in [-0.2, 0) is 17.9 Å². The third kappa shape index (κ3) is 3.49. The molecule has 26 heavy (non-hydrogen) atoms. The Kier molecular flexibility index (Phi) is 4.72. The number of carbonyl (C=O) groups excluding carboxylic acids is 1. The molecule has 1 amide bonds. The lowest BCUT2D eigenvalue weighted by Crippen LogP contribution is -2.30. The molecular formula is C18H21N7O. The molecule has 0 saturated carbocycles. The molecule has 0 aromatic carbocycles. The summed E-state index contributed by atoms with van der Waals surface area (Å²) in [6.07, 6.45) is 8.63. The van der Waals surface area contributed by atoms with Crippen molar-refractivity contribution < 1.29 is 4.79 Å². The number of piperidine rings is 1. The topological polar surface area (TPSA) is 88.8 Å². The van der Waals surface area contributed by atoms with Gasteiger partial charge in [-0.25, -0.2) is 14.6 Å². The van der Waals surface area contributed by atoms with Gasteiger partial charge in [-0.3, -0.25) is 9.78 Å². The fourth-order valence-electron chi connectivity index (χ4n) is 3.24. The Balaban J connectivity index is 1.47. The van der Waals surface area contributed by atoms with E-state index >= 15 is 0 Å². The summed E-state index contributed by atoms with van der Waals surface area (Å²) < 4.78 is 1.62. The highest BCUT2D eigenvalue weighted by atomic mass is 16.2. The fraction of sp³-hybridized carbons (Fsp3) is 0.389. The van der Waals surface area contributed by atoms with E-state index in [2.05, 4.69) is 30.3 Å². The Bertz CT molecular complexity index is 887. The van der Waals surface area contributed by atoms with E-state index in [0.717, 1.165) is 30.0 Å². The van der Waals surface area contributed by atoms with Crippen LogP contribution in [0.2, 0.25) is 0 Å². The average molecular weight is 351 g/mol. The maximum absolute atomic E-state index is 12.3. The fourth-order valence-corrected chi connectivity index (χ4v) is 3.24. The molecule has 0 radical (unpaired) electrons. The number of rotatable bonds is 5. The van der Waals surface area contributed by atoms with E-state index in [0.29, 0.717) is 12.2 Å². The molecule has 0 bridgehead atoms. The van der Waals surface area contributed by atoms with Crippen LogP contribution >= 0.6 is 0 Å². The van der Waals surface area contributed by atoms with Gasteiger partial charge in [-0.05, 0) is 31.4 Å². The number of pyridine rings is 1. The number of fused-ring (bicyclic) bond motifs is 1. The molecule has 8 nitrogen and oxygen atoms in total. The molecule has 1 saturated heterocycles. The van der Waals surface area contributed by atoms with E-state index in [1.807, 2.05) is 18.2 Å². The third-order valence-electron chi connectivity index (χ3n) is 4.55. The minimum Gasteiger partial charge on any atom is -0.356 e. The highest BCUT2D eigenvalue weighted by molar-refractivity contribution is 5.87. The summed E-state index contributed by atoms with van der Waals surface area (Å²) in [7, 11) is 0. The van der Waals surface area contributed by atoms with Gasteiger partial charge in [-0.15, -0.1) is 0 Å². The average Bonchev–Trinajstić information content (AvgIpc) is 3.11. The lowest BCUT2D eigenvalue weighted by molar-refractivity contribution is -0.121. The first-order valence-corrected chi connectivity index (χ1v) is 8.89. The molecular weight excluding hydrogens is 330 g/mol. The minimum absolute atomic E-state index is 0.118. The van der Waals surface area contributed by atoms with Crippen LogP contribution in [0.25, 0.3) is 11.0 Å². The van der Waals surface area contributed by atoms with Crippen molar-refractivity contribution in [2.45, 2.75) is 32.4 Å². The van der Waals surface area contributed by atoms with Gasteiger partial charge >= 0.3 is 0 Å². The highest BCUT2D eigenvalue weighted by Gasteiger charge is 2.18. The zero-order valence-electron chi connectivity index (χ0n) is 14.5. The van der Waals surface area contributed by atoms with Crippen LogP contribution < -0.4 is 10.2 Å². The van der Waals surface area contributed by atoms with E-state index in [1.54, 1.807) is 23.4 Å². The summed E-state index contributed by atoms with van der Waals surface area (Å²) in [6.45, 7) is 2.52. The first-order chi connectivity index (χ1) is 12.8. The summed E-state index contributed by atoms with van der Waals surface area (Å²) in [5, 5.41) is 8.12. The molecule has 0 unspecified atom stereocenters. The minimum atomic E-state index is -0.126. The van der Waals surface area contributed by atoms with Crippen LogP contribution in [0.1, 0.15) is 25.0 Å². The van der Waals surface area contributed by atoms with Crippen LogP contribution in [0.3, 0.4) is 0 Å². The highest BCUT2D eigenvalue weighted by Crippen LogP contribution is 2.25. The molecule has 3 aromatic heterocycles. The molecule has 4 rings (SSSR count). The van der Waals surface area contributed by atoms with Crippen LogP contribution in [-0.4, -0.2) is 43.7 Å². The number of anilines is 1. The number of hydrogen-bond donors (Lipinski definition) is 1. The summed E-state index contributed by atoms with van der Waals surface area (Å²) >= 11 is 0. The van der Waals surface area contributed by atoms with E-state index in [4.69, 9.17) is 0 Å². The number of nitrogens with zero attached hydrogens (tertiary/aromatic N) is 6. The van der Waals surface area contributed by atoms with Gasteiger partial charge in [0.25, 0.3) is 0 Å². The summed E-state index contributed by atoms with van der Waals surface area (Å²) in [5.41, 5.74) is 1.51. The van der Waals surface area contributed by atoms with E-state index < -0.39 is 0 Å². The quantitative estimate of drug-likeness (QED) is 0.750. The monoisotopic (exact) mass is 351 g/mol. The molecule has 0 atom stereocenters. The molecule has 8 heteroatoms. The zero-order chi connectivity index (χ0) is 17.8. The Morgan fingerprint density at radius 2 is 2.00 bits per heavy atom. The van der Waals surface area contributed by atoms with Crippen molar-refractivity contribution in [1.82, 2.24) is 30.0 Å². The largest absolute Gasteiger partial charge is 0.356 e. The van der Waals surface area contributed by atoms with Gasteiger partial charge in [-0.1, -0.05) is 6.07 Å². The van der Waals surface area contributed by atoms with Crippen molar-refractivity contribution in [3.05, 3.63) is 42.6 Å². The van der Waals surface area contributed by atoms with Gasteiger partial charge in [0, 0.05) is 19.3 Å². The van der Waals surface area contributed by atoms with Gasteiger partial charge in [0.2, 0.25) is 5.91 Å². The Labute approximate surface area is 151 Å². The van der Waals surface area contributed by atoms with Gasteiger partial charge in [-0.2, -0.15) is 5.10 Å². The number of carbonyl (C=O) groups is 1. The van der Waals surface area contributed by atoms with Crippen LogP contribution in [0.5, 0.6) is 0 Å². The van der Waals surface area contributed by atoms with Gasteiger partial charge in [0.15, 0.2) is 5.65 Å². The molecule has 0 spiro atoms. The normalized spacial score (nSPS) is 14.5. The van der Waals surface area contributed by atoms with Crippen molar-refractivity contribution in [2.24, 2.45) is 0 Å². The van der Waals surface area contributed by atoms with Crippen LogP contribution in [0, 0.1) is 0 Å². The smallest absolute Gasteiger partial charge is 0.242 e. The lowest BCUT2D eigenvalue weighted by atomic mass is 10.1. The second kappa shape index (κ2) is 7.47. The maximum Gasteiger partial charge on any atom is 0.242 e. The molecule has 1 aliphatic heterocycles. The van der Waals surface area contributed by atoms with Crippen molar-refractivity contribution in [2.75, 3.05) is 18.0 Å². The van der Waals surface area contributed by atoms with Gasteiger partial charge in [0.1, 0.15) is 18.7 Å². The predicted octanol–water partition coefficient (Wildman–Crippen LogP) is 1.53. The number of hydrogen-bond acceptors (Lipinski definition) is 6. The predicted molar refractivity (Wildman–Crippen MR) is 97.5 cm³/mol. The molecule has 1 aliphatic rings. The van der Waals surface area contributed by atoms with E-state index in [-0.39, 0.29) is 12.5 Å². The van der Waals surface area contributed by atoms with Crippen LogP contribution in [0.15, 0.2) is 36.9 Å². The van der Waals surface area contributed by atoms with E-state index in [9.17, 15) is 4.79 Å². The van der Waals surface area contributed by atoms with Crippen molar-refractivity contribution in [3.63, 3.8) is 0 Å². The Morgan fingerprint density at radius 3 is 2.81 bits per heavy atom. The summed E-state index contributed by atoms with van der Waals surface area (Å²) in [5.74, 6) is 0.786. The SMILES string of the molecule is O=C(Cn1ncc2c(N3CCCCC3)ncnc21)NCc1ccccn1. The molecule has 1 fully saturated rings. The third-order valence-corrected chi connectivity index (χ3v) is 4.55. The summed E-state index contributed by atoms with van der Waals surface area (Å²) in [4.78, 5) is 27.5. The Morgan fingerprint density at radius 1 is 1.12 bits per heavy atom. The van der Waals surface area contributed by atoms with Crippen LogP contribution in [0.4, 0.5) is 5.82 Å². The first kappa shape index (κ1) is 16.4. The molecule has 4 heterocycles. The molecule has 0 aliphatic carbocycles. The van der Waals surface area contributed by atoms with Crippen molar-refractivity contribution >= 4 is 22.8 Å². The zero-order valence-corrected chi connectivity index (χ0v) is 14.5. The number of amides is 1. The van der Waals surface area contributed by atoms with E-state index in [1.165, 1.54) is 19.3 Å². The number of nitrogens with one attached hydrogen (secondary N) is 1. The maximum atomic E-state index is 12.3. The molecule has 134 valence electrons. The van der Waals surface area contributed by atoms with Crippen molar-refractivity contribution in [3.8, 4) is 0 Å². The second-order valence-electron chi connectivity index (χ2n) is 6.38. The molecule has 3 aromatic rings. The summed E-state index contributed by atoms with van der Waals surface area (Å²) in [6, 6.07) is 5.62. The lowest BCUT2D eigenvalue weighted by Gasteiger charge is -2.27. The van der Waals surface area contributed by atoms with Crippen molar-refractivity contribution in [1.29, 1.82) is 0 Å². The first-order valence-electron chi connectivity index (χ1n) is 8.89. The number of aromatic nitrogens is 5. The second-order valence-corrected chi connectivity index (χ2v) is 6.38.